The largest absolute Gasteiger partial charge is 0.341 e. The zero-order chi connectivity index (χ0) is 22.3. The number of thioether (sulfide) groups is 1. The summed E-state index contributed by atoms with van der Waals surface area (Å²) in [5.41, 5.74) is 5.13. The first-order valence-corrected chi connectivity index (χ1v) is 11.8. The van der Waals surface area contributed by atoms with E-state index < -0.39 is 0 Å². The molecule has 1 N–H and O–H groups in total. The van der Waals surface area contributed by atoms with Crippen molar-refractivity contribution in [1.82, 2.24) is 5.32 Å². The molecule has 160 valence electrons. The van der Waals surface area contributed by atoms with Gasteiger partial charge in [-0.05, 0) is 60.0 Å². The second-order valence-corrected chi connectivity index (χ2v) is 9.15. The lowest BCUT2D eigenvalue weighted by Gasteiger charge is -2.20. The Balaban J connectivity index is 1.46. The van der Waals surface area contributed by atoms with Crippen LogP contribution in [0.5, 0.6) is 0 Å². The van der Waals surface area contributed by atoms with Crippen molar-refractivity contribution in [2.24, 2.45) is 0 Å². The average Bonchev–Trinajstić information content (AvgIpc) is 2.83. The summed E-state index contributed by atoms with van der Waals surface area (Å²) in [6.07, 6.45) is 0. The Bertz CT molecular complexity index is 1160. The third-order valence-electron chi connectivity index (χ3n) is 5.25. The van der Waals surface area contributed by atoms with Crippen LogP contribution in [-0.2, 0) is 5.75 Å². The van der Waals surface area contributed by atoms with Crippen LogP contribution < -0.4 is 5.32 Å². The maximum atomic E-state index is 13.1. The lowest BCUT2D eigenvalue weighted by atomic mass is 9.97. The maximum absolute atomic E-state index is 13.1. The van der Waals surface area contributed by atoms with E-state index in [1.807, 2.05) is 78.9 Å². The molecule has 2 nitrogen and oxygen atoms in total. The summed E-state index contributed by atoms with van der Waals surface area (Å²) in [6.45, 7) is 2.06. The highest BCUT2D eigenvalue weighted by Gasteiger charge is 2.17. The molecule has 4 aromatic rings. The number of hydrogen-bond donors (Lipinski definition) is 1. The van der Waals surface area contributed by atoms with Crippen LogP contribution in [0.3, 0.4) is 0 Å². The van der Waals surface area contributed by atoms with Crippen LogP contribution in [0.1, 0.15) is 38.7 Å². The zero-order valence-corrected chi connectivity index (χ0v) is 19.4. The molecule has 1 atom stereocenters. The van der Waals surface area contributed by atoms with E-state index in [0.29, 0.717) is 5.56 Å². The molecule has 0 heterocycles. The van der Waals surface area contributed by atoms with Crippen molar-refractivity contribution >= 4 is 29.3 Å². The third-order valence-corrected chi connectivity index (χ3v) is 6.59. The van der Waals surface area contributed by atoms with Crippen molar-refractivity contribution in [3.8, 4) is 0 Å². The second kappa shape index (κ2) is 10.5. The Hall–Kier alpha value is -3.01. The summed E-state index contributed by atoms with van der Waals surface area (Å²) >= 11 is 7.69. The number of benzene rings is 4. The van der Waals surface area contributed by atoms with Gasteiger partial charge in [-0.15, -0.1) is 11.8 Å². The molecule has 0 radical (unpaired) electrons. The Morgan fingerprint density at radius 3 is 2.09 bits per heavy atom. The molecule has 0 aromatic heterocycles. The number of nitrogens with one attached hydrogen (secondary N) is 1. The summed E-state index contributed by atoms with van der Waals surface area (Å²) in [4.78, 5) is 14.2. The van der Waals surface area contributed by atoms with Gasteiger partial charge < -0.3 is 5.32 Å². The predicted molar refractivity (Wildman–Crippen MR) is 134 cm³/mol. The van der Waals surface area contributed by atoms with Crippen LogP contribution in [0.25, 0.3) is 0 Å². The van der Waals surface area contributed by atoms with Crippen LogP contribution in [0.2, 0.25) is 5.02 Å². The third kappa shape index (κ3) is 5.82. The number of halogens is 1. The molecular weight excluding hydrogens is 434 g/mol. The number of carbonyl (C=O) groups excluding carboxylic acids is 1. The van der Waals surface area contributed by atoms with Crippen molar-refractivity contribution in [1.29, 1.82) is 0 Å². The van der Waals surface area contributed by atoms with E-state index in [-0.39, 0.29) is 11.9 Å². The molecule has 0 spiro atoms. The van der Waals surface area contributed by atoms with E-state index in [1.54, 1.807) is 11.8 Å². The average molecular weight is 458 g/mol. The quantitative estimate of drug-likeness (QED) is 0.292. The molecule has 0 saturated heterocycles. The van der Waals surface area contributed by atoms with Crippen molar-refractivity contribution in [3.05, 3.63) is 136 Å². The van der Waals surface area contributed by atoms with Gasteiger partial charge in [0.25, 0.3) is 5.91 Å². The Morgan fingerprint density at radius 1 is 0.812 bits per heavy atom. The number of amides is 1. The van der Waals surface area contributed by atoms with Crippen molar-refractivity contribution in [2.45, 2.75) is 23.6 Å². The fraction of sp³-hybridized carbons (Fsp3) is 0.107. The molecule has 4 aromatic carbocycles. The smallest absolute Gasteiger partial charge is 0.252 e. The maximum Gasteiger partial charge on any atom is 0.252 e. The van der Waals surface area contributed by atoms with Gasteiger partial charge in [-0.3, -0.25) is 4.79 Å². The van der Waals surface area contributed by atoms with Crippen LogP contribution in [0, 0.1) is 6.92 Å². The van der Waals surface area contributed by atoms with Crippen LogP contribution >= 0.6 is 23.4 Å². The molecule has 4 rings (SSSR count). The first kappa shape index (κ1) is 22.2. The topological polar surface area (TPSA) is 29.1 Å². The monoisotopic (exact) mass is 457 g/mol. The van der Waals surface area contributed by atoms with Gasteiger partial charge in [-0.25, -0.2) is 0 Å². The molecule has 0 aliphatic heterocycles. The van der Waals surface area contributed by atoms with Gasteiger partial charge in [-0.2, -0.15) is 0 Å². The Kier molecular flexibility index (Phi) is 7.31. The van der Waals surface area contributed by atoms with E-state index in [0.717, 1.165) is 21.9 Å². The Morgan fingerprint density at radius 2 is 1.44 bits per heavy atom. The summed E-state index contributed by atoms with van der Waals surface area (Å²) in [5, 5.41) is 3.95. The lowest BCUT2D eigenvalue weighted by Crippen LogP contribution is -2.29. The Labute approximate surface area is 198 Å². The van der Waals surface area contributed by atoms with Gasteiger partial charge in [0.05, 0.1) is 6.04 Å². The van der Waals surface area contributed by atoms with Crippen molar-refractivity contribution in [3.63, 3.8) is 0 Å². The first-order chi connectivity index (χ1) is 15.6. The van der Waals surface area contributed by atoms with Gasteiger partial charge in [0.1, 0.15) is 0 Å². The second-order valence-electron chi connectivity index (χ2n) is 7.67. The normalized spacial score (nSPS) is 11.7. The van der Waals surface area contributed by atoms with Crippen molar-refractivity contribution in [2.75, 3.05) is 0 Å². The summed E-state index contributed by atoms with van der Waals surface area (Å²) < 4.78 is 0. The van der Waals surface area contributed by atoms with Gasteiger partial charge in [-0.1, -0.05) is 83.9 Å². The van der Waals surface area contributed by atoms with E-state index in [4.69, 9.17) is 11.6 Å². The minimum Gasteiger partial charge on any atom is -0.341 e. The molecule has 0 aliphatic carbocycles. The fourth-order valence-electron chi connectivity index (χ4n) is 3.43. The standard InChI is InChI=1S/C28H24ClNOS/c1-20-7-11-23(12-8-20)27(22-5-3-2-4-6-22)30-28(31)24-13-9-21(10-14-24)19-32-26-17-15-25(29)16-18-26/h2-18,27H,19H2,1H3,(H,30,31)/t27-/m1/s1. The number of rotatable bonds is 7. The molecular formula is C28H24ClNOS. The summed E-state index contributed by atoms with van der Waals surface area (Å²) in [6, 6.07) is 33.8. The lowest BCUT2D eigenvalue weighted by molar-refractivity contribution is 0.0943. The zero-order valence-electron chi connectivity index (χ0n) is 17.8. The highest BCUT2D eigenvalue weighted by atomic mass is 35.5. The van der Waals surface area contributed by atoms with Gasteiger partial charge in [0, 0.05) is 21.2 Å². The minimum atomic E-state index is -0.204. The number of hydrogen-bond acceptors (Lipinski definition) is 2. The summed E-state index contributed by atoms with van der Waals surface area (Å²) in [7, 11) is 0. The molecule has 32 heavy (non-hydrogen) atoms. The molecule has 0 fully saturated rings. The molecule has 0 saturated carbocycles. The highest BCUT2D eigenvalue weighted by Crippen LogP contribution is 2.25. The predicted octanol–water partition coefficient (Wildman–Crippen LogP) is 7.46. The first-order valence-electron chi connectivity index (χ1n) is 10.5. The molecule has 0 bridgehead atoms. The summed E-state index contributed by atoms with van der Waals surface area (Å²) in [5.74, 6) is 0.746. The van der Waals surface area contributed by atoms with Crippen LogP contribution in [0.4, 0.5) is 0 Å². The van der Waals surface area contributed by atoms with Crippen LogP contribution in [-0.4, -0.2) is 5.91 Å². The van der Waals surface area contributed by atoms with E-state index >= 15 is 0 Å². The van der Waals surface area contributed by atoms with Crippen molar-refractivity contribution < 1.29 is 4.79 Å². The van der Waals surface area contributed by atoms with E-state index in [1.165, 1.54) is 16.0 Å². The van der Waals surface area contributed by atoms with Gasteiger partial charge in [0.15, 0.2) is 0 Å². The highest BCUT2D eigenvalue weighted by molar-refractivity contribution is 7.98. The molecule has 0 aliphatic rings. The van der Waals surface area contributed by atoms with E-state index in [9.17, 15) is 4.79 Å². The molecule has 4 heteroatoms. The SMILES string of the molecule is Cc1ccc([C@H](NC(=O)c2ccc(CSc3ccc(Cl)cc3)cc2)c2ccccc2)cc1. The van der Waals surface area contributed by atoms with Crippen LogP contribution in [0.15, 0.2) is 108 Å². The molecule has 0 unspecified atom stereocenters. The van der Waals surface area contributed by atoms with Gasteiger partial charge in [0.2, 0.25) is 0 Å². The fourth-order valence-corrected chi connectivity index (χ4v) is 4.41. The van der Waals surface area contributed by atoms with E-state index in [2.05, 4.69) is 36.5 Å². The minimum absolute atomic E-state index is 0.0867. The van der Waals surface area contributed by atoms with Gasteiger partial charge >= 0.3 is 0 Å². The molecule has 1 amide bonds. The number of aryl methyl sites for hydroxylation is 1. The number of carbonyl (C=O) groups is 1.